The van der Waals surface area contributed by atoms with Crippen molar-refractivity contribution in [3.05, 3.63) is 52.8 Å². The number of benzene rings is 1. The third-order valence-corrected chi connectivity index (χ3v) is 3.66. The van der Waals surface area contributed by atoms with Crippen LogP contribution in [-0.2, 0) is 13.6 Å². The molecule has 108 valence electrons. The Hall–Kier alpha value is -1.30. The van der Waals surface area contributed by atoms with Gasteiger partial charge in [0.05, 0.1) is 4.47 Å². The standard InChI is InChI=1S/C15H19BrN2O2/c1-18-8-4-5-12(18)9-17-10-13(19)11-20-15-7-3-2-6-14(15)16/h2-8,13,17,19H,9-11H2,1H3. The zero-order chi connectivity index (χ0) is 14.4. The van der Waals surface area contributed by atoms with E-state index in [0.29, 0.717) is 6.54 Å². The van der Waals surface area contributed by atoms with Crippen molar-refractivity contribution in [2.45, 2.75) is 12.6 Å². The highest BCUT2D eigenvalue weighted by atomic mass is 79.9. The number of hydrogen-bond acceptors (Lipinski definition) is 3. The van der Waals surface area contributed by atoms with E-state index in [2.05, 4.69) is 31.9 Å². The second kappa shape index (κ2) is 7.47. The quantitative estimate of drug-likeness (QED) is 0.814. The van der Waals surface area contributed by atoms with Gasteiger partial charge in [0.25, 0.3) is 0 Å². The maximum atomic E-state index is 9.89. The molecule has 0 bridgehead atoms. The van der Waals surface area contributed by atoms with Crippen molar-refractivity contribution in [3.63, 3.8) is 0 Å². The van der Waals surface area contributed by atoms with Crippen LogP contribution in [0, 0.1) is 0 Å². The van der Waals surface area contributed by atoms with Crippen LogP contribution in [0.3, 0.4) is 0 Å². The molecule has 20 heavy (non-hydrogen) atoms. The molecule has 0 aliphatic rings. The summed E-state index contributed by atoms with van der Waals surface area (Å²) in [5.74, 6) is 0.744. The Bertz CT molecular complexity index is 542. The average molecular weight is 339 g/mol. The second-order valence-electron chi connectivity index (χ2n) is 4.64. The van der Waals surface area contributed by atoms with E-state index in [9.17, 15) is 5.11 Å². The van der Waals surface area contributed by atoms with Gasteiger partial charge in [0, 0.05) is 32.0 Å². The minimum Gasteiger partial charge on any atom is -0.490 e. The molecule has 0 saturated heterocycles. The van der Waals surface area contributed by atoms with Gasteiger partial charge in [-0.25, -0.2) is 0 Å². The van der Waals surface area contributed by atoms with Gasteiger partial charge in [-0.3, -0.25) is 0 Å². The fourth-order valence-corrected chi connectivity index (χ4v) is 2.25. The Morgan fingerprint density at radius 2 is 2.10 bits per heavy atom. The van der Waals surface area contributed by atoms with Crippen molar-refractivity contribution < 1.29 is 9.84 Å². The topological polar surface area (TPSA) is 46.4 Å². The number of ether oxygens (including phenoxy) is 1. The van der Waals surface area contributed by atoms with Gasteiger partial charge in [0.15, 0.2) is 0 Å². The van der Waals surface area contributed by atoms with Crippen LogP contribution in [0.4, 0.5) is 0 Å². The molecule has 0 aliphatic heterocycles. The lowest BCUT2D eigenvalue weighted by Gasteiger charge is -2.14. The molecule has 0 spiro atoms. The molecule has 2 N–H and O–H groups in total. The molecule has 1 unspecified atom stereocenters. The number of rotatable bonds is 7. The number of aromatic nitrogens is 1. The molecule has 0 fully saturated rings. The van der Waals surface area contributed by atoms with Crippen LogP contribution in [0.15, 0.2) is 47.1 Å². The summed E-state index contributed by atoms with van der Waals surface area (Å²) in [6.07, 6.45) is 1.46. The van der Waals surface area contributed by atoms with E-state index in [-0.39, 0.29) is 6.61 Å². The van der Waals surface area contributed by atoms with Gasteiger partial charge in [-0.2, -0.15) is 0 Å². The Morgan fingerprint density at radius 3 is 2.80 bits per heavy atom. The summed E-state index contributed by atoms with van der Waals surface area (Å²) in [6.45, 7) is 1.49. The first-order chi connectivity index (χ1) is 9.66. The number of aliphatic hydroxyl groups is 1. The normalized spacial score (nSPS) is 12.3. The zero-order valence-corrected chi connectivity index (χ0v) is 13.0. The number of nitrogens with one attached hydrogen (secondary N) is 1. The lowest BCUT2D eigenvalue weighted by Crippen LogP contribution is -2.31. The molecule has 1 heterocycles. The van der Waals surface area contributed by atoms with Gasteiger partial charge < -0.3 is 19.7 Å². The molecule has 0 saturated carbocycles. The summed E-state index contributed by atoms with van der Waals surface area (Å²) in [7, 11) is 2.00. The first-order valence-corrected chi connectivity index (χ1v) is 7.32. The molecule has 4 nitrogen and oxygen atoms in total. The molecule has 5 heteroatoms. The van der Waals surface area contributed by atoms with Crippen molar-refractivity contribution in [1.29, 1.82) is 0 Å². The smallest absolute Gasteiger partial charge is 0.133 e. The number of aryl methyl sites for hydroxylation is 1. The average Bonchev–Trinajstić information content (AvgIpc) is 2.84. The molecule has 1 aromatic carbocycles. The molecular weight excluding hydrogens is 320 g/mol. The molecule has 2 aromatic rings. The van der Waals surface area contributed by atoms with Crippen LogP contribution in [0.2, 0.25) is 0 Å². The Balaban J connectivity index is 1.69. The van der Waals surface area contributed by atoms with Crippen molar-refractivity contribution in [2.75, 3.05) is 13.2 Å². The third-order valence-electron chi connectivity index (χ3n) is 3.01. The summed E-state index contributed by atoms with van der Waals surface area (Å²) < 4.78 is 8.51. The van der Waals surface area contributed by atoms with E-state index < -0.39 is 6.10 Å². The monoisotopic (exact) mass is 338 g/mol. The minimum absolute atomic E-state index is 0.267. The summed E-state index contributed by atoms with van der Waals surface area (Å²) in [5, 5.41) is 13.1. The zero-order valence-electron chi connectivity index (χ0n) is 11.4. The van der Waals surface area contributed by atoms with Gasteiger partial charge in [-0.05, 0) is 40.2 Å². The summed E-state index contributed by atoms with van der Waals surface area (Å²) in [5.41, 5.74) is 1.18. The van der Waals surface area contributed by atoms with Gasteiger partial charge in [-0.1, -0.05) is 12.1 Å². The predicted molar refractivity (Wildman–Crippen MR) is 82.8 cm³/mol. The van der Waals surface area contributed by atoms with E-state index in [1.165, 1.54) is 5.69 Å². The summed E-state index contributed by atoms with van der Waals surface area (Å²) in [4.78, 5) is 0. The molecule has 1 atom stereocenters. The maximum absolute atomic E-state index is 9.89. The van der Waals surface area contributed by atoms with Gasteiger partial charge in [-0.15, -0.1) is 0 Å². The molecule has 1 aromatic heterocycles. The highest BCUT2D eigenvalue weighted by Gasteiger charge is 2.07. The van der Waals surface area contributed by atoms with E-state index in [1.807, 2.05) is 43.6 Å². The SMILES string of the molecule is Cn1cccc1CNCC(O)COc1ccccc1Br. The van der Waals surface area contributed by atoms with Crippen molar-refractivity contribution in [2.24, 2.45) is 7.05 Å². The summed E-state index contributed by atoms with van der Waals surface area (Å²) in [6, 6.07) is 11.7. The van der Waals surface area contributed by atoms with E-state index in [1.54, 1.807) is 0 Å². The Labute approximate surface area is 127 Å². The first-order valence-electron chi connectivity index (χ1n) is 6.53. The number of aliphatic hydroxyl groups excluding tert-OH is 1. The van der Waals surface area contributed by atoms with Crippen molar-refractivity contribution in [1.82, 2.24) is 9.88 Å². The highest BCUT2D eigenvalue weighted by Crippen LogP contribution is 2.23. The largest absolute Gasteiger partial charge is 0.490 e. The molecular formula is C15H19BrN2O2. The minimum atomic E-state index is -0.539. The fraction of sp³-hybridized carbons (Fsp3) is 0.333. The number of nitrogens with zero attached hydrogens (tertiary/aromatic N) is 1. The highest BCUT2D eigenvalue weighted by molar-refractivity contribution is 9.10. The number of para-hydroxylation sites is 1. The van der Waals surface area contributed by atoms with E-state index in [0.717, 1.165) is 16.8 Å². The van der Waals surface area contributed by atoms with Crippen LogP contribution in [0.5, 0.6) is 5.75 Å². The van der Waals surface area contributed by atoms with Gasteiger partial charge in [0.2, 0.25) is 0 Å². The van der Waals surface area contributed by atoms with E-state index in [4.69, 9.17) is 4.74 Å². The second-order valence-corrected chi connectivity index (χ2v) is 5.49. The van der Waals surface area contributed by atoms with Crippen LogP contribution >= 0.6 is 15.9 Å². The molecule has 0 amide bonds. The first kappa shape index (κ1) is 15.1. The van der Waals surface area contributed by atoms with Crippen LogP contribution < -0.4 is 10.1 Å². The molecule has 0 aliphatic carbocycles. The Morgan fingerprint density at radius 1 is 1.30 bits per heavy atom. The third kappa shape index (κ3) is 4.37. The number of hydrogen-bond donors (Lipinski definition) is 2. The van der Waals surface area contributed by atoms with Crippen LogP contribution in [0.1, 0.15) is 5.69 Å². The van der Waals surface area contributed by atoms with Crippen molar-refractivity contribution >= 4 is 15.9 Å². The van der Waals surface area contributed by atoms with E-state index >= 15 is 0 Å². The predicted octanol–water partition coefficient (Wildman–Crippen LogP) is 2.32. The van der Waals surface area contributed by atoms with Crippen LogP contribution in [-0.4, -0.2) is 28.9 Å². The van der Waals surface area contributed by atoms with Crippen LogP contribution in [0.25, 0.3) is 0 Å². The Kier molecular flexibility index (Phi) is 5.64. The lowest BCUT2D eigenvalue weighted by molar-refractivity contribution is 0.105. The molecule has 2 rings (SSSR count). The summed E-state index contributed by atoms with van der Waals surface area (Å²) >= 11 is 3.41. The fourth-order valence-electron chi connectivity index (χ4n) is 1.85. The van der Waals surface area contributed by atoms with Crippen molar-refractivity contribution in [3.8, 4) is 5.75 Å². The van der Waals surface area contributed by atoms with Gasteiger partial charge >= 0.3 is 0 Å². The molecule has 0 radical (unpaired) electrons. The maximum Gasteiger partial charge on any atom is 0.133 e. The van der Waals surface area contributed by atoms with Gasteiger partial charge in [0.1, 0.15) is 18.5 Å². The lowest BCUT2D eigenvalue weighted by atomic mass is 10.3. The number of halogens is 1.